The van der Waals surface area contributed by atoms with E-state index in [0.717, 1.165) is 25.3 Å². The van der Waals surface area contributed by atoms with Gasteiger partial charge in [-0.25, -0.2) is 9.78 Å². The molecule has 2 atom stereocenters. The smallest absolute Gasteiger partial charge is 0.354 e. The van der Waals surface area contributed by atoms with E-state index in [4.69, 9.17) is 0 Å². The number of rotatable bonds is 15. The van der Waals surface area contributed by atoms with Gasteiger partial charge < -0.3 is 5.11 Å². The number of carbonyl (C=O) groups is 1. The molecular weight excluding hydrogens is 336 g/mol. The van der Waals surface area contributed by atoms with Gasteiger partial charge in [-0.15, -0.1) is 0 Å². The molecule has 0 spiro atoms. The predicted molar refractivity (Wildman–Crippen MR) is 113 cm³/mol. The highest BCUT2D eigenvalue weighted by Crippen LogP contribution is 2.20. The van der Waals surface area contributed by atoms with E-state index < -0.39 is 5.97 Å². The van der Waals surface area contributed by atoms with E-state index in [2.05, 4.69) is 37.6 Å². The van der Waals surface area contributed by atoms with Gasteiger partial charge in [-0.3, -0.25) is 4.90 Å². The minimum Gasteiger partial charge on any atom is -0.477 e. The largest absolute Gasteiger partial charge is 0.477 e. The van der Waals surface area contributed by atoms with E-state index in [0.29, 0.717) is 11.8 Å². The topological polar surface area (TPSA) is 53.4 Å². The SMILES string of the molecule is CCCC[C@@H](CC)CN(Cc1cccc(C(=O)O)n1)C[C@@H](CC)CCCC. The Kier molecular flexibility index (Phi) is 12.0. The second-order valence-corrected chi connectivity index (χ2v) is 7.85. The molecule has 1 N–H and O–H groups in total. The number of carboxylic acids is 1. The van der Waals surface area contributed by atoms with Crippen LogP contribution in [0.25, 0.3) is 0 Å². The third-order valence-electron chi connectivity index (χ3n) is 5.53. The molecule has 154 valence electrons. The summed E-state index contributed by atoms with van der Waals surface area (Å²) in [7, 11) is 0. The fourth-order valence-corrected chi connectivity index (χ4v) is 3.68. The number of carboxylic acid groups (broad SMARTS) is 1. The number of hydrogen-bond donors (Lipinski definition) is 1. The van der Waals surface area contributed by atoms with Crippen LogP contribution in [0, 0.1) is 11.8 Å². The van der Waals surface area contributed by atoms with Crippen LogP contribution in [0.2, 0.25) is 0 Å². The molecule has 0 radical (unpaired) electrons. The first-order valence-electron chi connectivity index (χ1n) is 10.9. The fourth-order valence-electron chi connectivity index (χ4n) is 3.68. The predicted octanol–water partition coefficient (Wildman–Crippen LogP) is 6.01. The molecule has 0 aromatic carbocycles. The van der Waals surface area contributed by atoms with E-state index in [1.165, 1.54) is 51.4 Å². The molecule has 0 bridgehead atoms. The Morgan fingerprint density at radius 3 is 2.00 bits per heavy atom. The van der Waals surface area contributed by atoms with Crippen LogP contribution in [-0.2, 0) is 6.54 Å². The van der Waals surface area contributed by atoms with Gasteiger partial charge in [0.25, 0.3) is 0 Å². The molecule has 0 amide bonds. The number of aromatic carboxylic acids is 1. The molecule has 4 heteroatoms. The van der Waals surface area contributed by atoms with E-state index in [1.807, 2.05) is 12.1 Å². The van der Waals surface area contributed by atoms with Gasteiger partial charge in [0, 0.05) is 19.6 Å². The van der Waals surface area contributed by atoms with Gasteiger partial charge in [0.15, 0.2) is 0 Å². The molecule has 0 fully saturated rings. The lowest BCUT2D eigenvalue weighted by Gasteiger charge is -2.30. The Balaban J connectivity index is 2.87. The highest BCUT2D eigenvalue weighted by atomic mass is 16.4. The molecule has 0 aliphatic rings. The van der Waals surface area contributed by atoms with Crippen molar-refractivity contribution in [2.75, 3.05) is 13.1 Å². The Morgan fingerprint density at radius 2 is 1.56 bits per heavy atom. The number of unbranched alkanes of at least 4 members (excludes halogenated alkanes) is 2. The van der Waals surface area contributed by atoms with Crippen molar-refractivity contribution in [2.45, 2.75) is 85.6 Å². The molecular formula is C23H40N2O2. The van der Waals surface area contributed by atoms with Gasteiger partial charge in [0.05, 0.1) is 5.69 Å². The second-order valence-electron chi connectivity index (χ2n) is 7.85. The van der Waals surface area contributed by atoms with Crippen LogP contribution < -0.4 is 0 Å². The number of aromatic nitrogens is 1. The van der Waals surface area contributed by atoms with Gasteiger partial charge in [0.1, 0.15) is 5.69 Å². The summed E-state index contributed by atoms with van der Waals surface area (Å²) >= 11 is 0. The van der Waals surface area contributed by atoms with Crippen LogP contribution in [0.5, 0.6) is 0 Å². The zero-order valence-corrected chi connectivity index (χ0v) is 17.9. The molecule has 1 aromatic heterocycles. The third kappa shape index (κ3) is 9.37. The van der Waals surface area contributed by atoms with Crippen LogP contribution in [0.4, 0.5) is 0 Å². The Morgan fingerprint density at radius 1 is 1.00 bits per heavy atom. The summed E-state index contributed by atoms with van der Waals surface area (Å²) in [5, 5.41) is 9.23. The maximum Gasteiger partial charge on any atom is 0.354 e. The molecule has 4 nitrogen and oxygen atoms in total. The standard InChI is InChI=1S/C23H40N2O2/c1-5-9-12-19(7-3)16-25(17-20(8-4)13-10-6-2)18-21-14-11-15-22(24-21)23(26)27/h11,14-15,19-20H,5-10,12-13,16-18H2,1-4H3,(H,26,27)/t19-,20+. The van der Waals surface area contributed by atoms with Crippen LogP contribution in [0.15, 0.2) is 18.2 Å². The molecule has 0 unspecified atom stereocenters. The van der Waals surface area contributed by atoms with Crippen LogP contribution in [-0.4, -0.2) is 34.0 Å². The number of hydrogen-bond acceptors (Lipinski definition) is 3. The Hall–Kier alpha value is -1.42. The van der Waals surface area contributed by atoms with E-state index in [1.54, 1.807) is 6.07 Å². The number of nitrogens with zero attached hydrogens (tertiary/aromatic N) is 2. The lowest BCUT2D eigenvalue weighted by Crippen LogP contribution is -2.34. The van der Waals surface area contributed by atoms with Crippen molar-refractivity contribution in [1.29, 1.82) is 0 Å². The minimum absolute atomic E-state index is 0.142. The maximum atomic E-state index is 11.2. The van der Waals surface area contributed by atoms with E-state index in [9.17, 15) is 9.90 Å². The van der Waals surface area contributed by atoms with Crippen molar-refractivity contribution < 1.29 is 9.90 Å². The van der Waals surface area contributed by atoms with Crippen molar-refractivity contribution in [3.05, 3.63) is 29.6 Å². The minimum atomic E-state index is -0.952. The summed E-state index contributed by atoms with van der Waals surface area (Å²) < 4.78 is 0. The zero-order chi connectivity index (χ0) is 20.1. The Labute approximate surface area is 166 Å². The van der Waals surface area contributed by atoms with Crippen LogP contribution >= 0.6 is 0 Å². The molecule has 0 aliphatic heterocycles. The summed E-state index contributed by atoms with van der Waals surface area (Å²) in [6, 6.07) is 5.34. The van der Waals surface area contributed by atoms with E-state index >= 15 is 0 Å². The molecule has 0 aliphatic carbocycles. The Bertz CT molecular complexity index is 515. The summed E-state index contributed by atoms with van der Waals surface area (Å²) in [6.45, 7) is 12.0. The van der Waals surface area contributed by atoms with Gasteiger partial charge in [0.2, 0.25) is 0 Å². The van der Waals surface area contributed by atoms with Gasteiger partial charge in [-0.2, -0.15) is 0 Å². The van der Waals surface area contributed by atoms with Crippen molar-refractivity contribution in [3.8, 4) is 0 Å². The lowest BCUT2D eigenvalue weighted by atomic mass is 9.95. The first-order valence-corrected chi connectivity index (χ1v) is 10.9. The quantitative estimate of drug-likeness (QED) is 0.407. The van der Waals surface area contributed by atoms with Crippen molar-refractivity contribution >= 4 is 5.97 Å². The average Bonchev–Trinajstić information content (AvgIpc) is 2.68. The van der Waals surface area contributed by atoms with E-state index in [-0.39, 0.29) is 5.69 Å². The van der Waals surface area contributed by atoms with Crippen molar-refractivity contribution in [1.82, 2.24) is 9.88 Å². The monoisotopic (exact) mass is 376 g/mol. The second kappa shape index (κ2) is 13.7. The highest BCUT2D eigenvalue weighted by Gasteiger charge is 2.18. The molecule has 1 aromatic rings. The average molecular weight is 377 g/mol. The first kappa shape index (κ1) is 23.6. The summed E-state index contributed by atoms with van der Waals surface area (Å²) in [4.78, 5) is 18.1. The zero-order valence-electron chi connectivity index (χ0n) is 17.9. The van der Waals surface area contributed by atoms with Crippen LogP contribution in [0.3, 0.4) is 0 Å². The summed E-state index contributed by atoms with van der Waals surface area (Å²) in [5.74, 6) is 0.458. The molecule has 0 saturated heterocycles. The summed E-state index contributed by atoms with van der Waals surface area (Å²) in [5.41, 5.74) is 1.01. The first-order chi connectivity index (χ1) is 13.0. The highest BCUT2D eigenvalue weighted by molar-refractivity contribution is 5.85. The summed E-state index contributed by atoms with van der Waals surface area (Å²) in [6.07, 6.45) is 10.0. The molecule has 27 heavy (non-hydrogen) atoms. The molecule has 1 rings (SSSR count). The normalized spacial score (nSPS) is 13.7. The van der Waals surface area contributed by atoms with Crippen LogP contribution in [0.1, 0.15) is 95.2 Å². The number of pyridine rings is 1. The van der Waals surface area contributed by atoms with Gasteiger partial charge >= 0.3 is 5.97 Å². The van der Waals surface area contributed by atoms with Gasteiger partial charge in [-0.05, 0) is 36.8 Å². The molecule has 1 heterocycles. The third-order valence-corrected chi connectivity index (χ3v) is 5.53. The fraction of sp³-hybridized carbons (Fsp3) is 0.739. The van der Waals surface area contributed by atoms with Crippen molar-refractivity contribution in [3.63, 3.8) is 0 Å². The van der Waals surface area contributed by atoms with Gasteiger partial charge in [-0.1, -0.05) is 72.3 Å². The van der Waals surface area contributed by atoms with Crippen molar-refractivity contribution in [2.24, 2.45) is 11.8 Å². The molecule has 0 saturated carbocycles. The maximum absolute atomic E-state index is 11.2. The lowest BCUT2D eigenvalue weighted by molar-refractivity contribution is 0.0689.